The zero-order valence-corrected chi connectivity index (χ0v) is 13.2. The van der Waals surface area contributed by atoms with Gasteiger partial charge in [0, 0.05) is 0 Å². The molecule has 2 fully saturated rings. The van der Waals surface area contributed by atoms with E-state index in [-0.39, 0.29) is 0 Å². The number of hydrogen-bond acceptors (Lipinski definition) is 0. The molecule has 0 heterocycles. The van der Waals surface area contributed by atoms with E-state index in [0.717, 1.165) is 29.6 Å². The molecule has 0 aromatic heterocycles. The minimum Gasteiger partial charge on any atom is -0.0622 e. The molecule has 1 aromatic carbocycles. The maximum Gasteiger partial charge on any atom is -0.0102 e. The van der Waals surface area contributed by atoms with Crippen LogP contribution in [0.5, 0.6) is 0 Å². The maximum atomic E-state index is 2.45. The third kappa shape index (κ3) is 2.24. The molecule has 3 rings (SSSR count). The fourth-order valence-corrected chi connectivity index (χ4v) is 4.07. The third-order valence-corrected chi connectivity index (χ3v) is 6.16. The average Bonchev–Trinajstić information content (AvgIpc) is 2.95. The Morgan fingerprint density at radius 2 is 1.68 bits per heavy atom. The zero-order valence-electron chi connectivity index (χ0n) is 13.2. The minimum atomic E-state index is 0.831. The van der Waals surface area contributed by atoms with Gasteiger partial charge in [-0.2, -0.15) is 0 Å². The molecular weight excluding hydrogens is 228 g/mol. The van der Waals surface area contributed by atoms with E-state index in [1.54, 1.807) is 16.7 Å². The van der Waals surface area contributed by atoms with Crippen molar-refractivity contribution in [1.29, 1.82) is 0 Å². The highest BCUT2D eigenvalue weighted by Crippen LogP contribution is 2.54. The summed E-state index contributed by atoms with van der Waals surface area (Å²) >= 11 is 0. The highest BCUT2D eigenvalue weighted by Gasteiger charge is 2.44. The van der Waals surface area contributed by atoms with Crippen LogP contribution in [-0.4, -0.2) is 0 Å². The van der Waals surface area contributed by atoms with Gasteiger partial charge in [-0.25, -0.2) is 0 Å². The Balaban J connectivity index is 1.88. The summed E-state index contributed by atoms with van der Waals surface area (Å²) in [5.41, 5.74) is 6.36. The quantitative estimate of drug-likeness (QED) is 0.692. The molecule has 2 aliphatic rings. The molecule has 0 N–H and O–H groups in total. The topological polar surface area (TPSA) is 0 Å². The molecule has 1 aromatic rings. The molecule has 0 saturated heterocycles. The lowest BCUT2D eigenvalue weighted by atomic mass is 9.71. The van der Waals surface area contributed by atoms with Gasteiger partial charge in [0.15, 0.2) is 0 Å². The van der Waals surface area contributed by atoms with Crippen molar-refractivity contribution >= 4 is 0 Å². The summed E-state index contributed by atoms with van der Waals surface area (Å²) in [5, 5.41) is 0. The number of aryl methyl sites for hydroxylation is 1. The van der Waals surface area contributed by atoms with Crippen molar-refractivity contribution in [1.82, 2.24) is 0 Å². The van der Waals surface area contributed by atoms with Crippen LogP contribution in [0.3, 0.4) is 0 Å². The van der Waals surface area contributed by atoms with Gasteiger partial charge in [0.05, 0.1) is 0 Å². The second-order valence-corrected chi connectivity index (χ2v) is 7.40. The normalized spacial score (nSPS) is 37.0. The summed E-state index contributed by atoms with van der Waals surface area (Å²) in [6.45, 7) is 11.9. The summed E-state index contributed by atoms with van der Waals surface area (Å²) in [7, 11) is 0. The number of benzene rings is 1. The van der Waals surface area contributed by atoms with Gasteiger partial charge in [0.25, 0.3) is 0 Å². The van der Waals surface area contributed by atoms with Gasteiger partial charge < -0.3 is 0 Å². The van der Waals surface area contributed by atoms with E-state index in [0.29, 0.717) is 0 Å². The number of rotatable bonds is 3. The molecule has 0 nitrogen and oxygen atoms in total. The van der Waals surface area contributed by atoms with Gasteiger partial charge in [0.1, 0.15) is 0 Å². The van der Waals surface area contributed by atoms with Crippen molar-refractivity contribution in [3.63, 3.8) is 0 Å². The fraction of sp³-hybridized carbons (Fsp3) is 0.684. The smallest absolute Gasteiger partial charge is 0.0102 e. The van der Waals surface area contributed by atoms with Gasteiger partial charge in [0.2, 0.25) is 0 Å². The molecule has 0 aliphatic heterocycles. The minimum absolute atomic E-state index is 0.831. The Morgan fingerprint density at radius 1 is 1.00 bits per heavy atom. The van der Waals surface area contributed by atoms with Crippen molar-refractivity contribution in [2.24, 2.45) is 23.7 Å². The lowest BCUT2D eigenvalue weighted by Gasteiger charge is -2.34. The van der Waals surface area contributed by atoms with Crippen molar-refractivity contribution in [3.8, 4) is 0 Å². The van der Waals surface area contributed by atoms with Gasteiger partial charge in [-0.05, 0) is 73.0 Å². The highest BCUT2D eigenvalue weighted by atomic mass is 14.5. The summed E-state index contributed by atoms with van der Waals surface area (Å²) in [6.07, 6.45) is 4.20. The molecule has 0 amide bonds. The van der Waals surface area contributed by atoms with Crippen molar-refractivity contribution < 1.29 is 0 Å². The van der Waals surface area contributed by atoms with E-state index in [4.69, 9.17) is 0 Å². The van der Waals surface area contributed by atoms with Gasteiger partial charge in [-0.1, -0.05) is 44.9 Å². The Hall–Kier alpha value is -0.780. The molecule has 0 heteroatoms. The summed E-state index contributed by atoms with van der Waals surface area (Å²) < 4.78 is 0. The van der Waals surface area contributed by atoms with E-state index < -0.39 is 0 Å². The predicted octanol–water partition coefficient (Wildman–Crippen LogP) is 5.26. The third-order valence-electron chi connectivity index (χ3n) is 6.16. The van der Waals surface area contributed by atoms with Gasteiger partial charge >= 0.3 is 0 Å². The molecule has 0 spiro atoms. The zero-order chi connectivity index (χ0) is 13.7. The van der Waals surface area contributed by atoms with Crippen LogP contribution in [0.25, 0.3) is 0 Å². The van der Waals surface area contributed by atoms with E-state index in [1.165, 1.54) is 24.8 Å². The lowest BCUT2D eigenvalue weighted by molar-refractivity contribution is 0.195. The fourth-order valence-electron chi connectivity index (χ4n) is 4.07. The Labute approximate surface area is 118 Å². The van der Waals surface area contributed by atoms with Crippen molar-refractivity contribution in [2.75, 3.05) is 0 Å². The highest BCUT2D eigenvalue weighted by molar-refractivity contribution is 5.43. The number of hydrogen-bond donors (Lipinski definition) is 0. The van der Waals surface area contributed by atoms with E-state index in [2.05, 4.69) is 46.8 Å². The Bertz CT molecular complexity index is 477. The standard InChI is InChI=1S/C19H28/c1-11-8-17(10-16-7-6-12(16)2)15(5)18(9-11)19-13(3)14(19)4/h8-9,12-14,16,19H,6-7,10H2,1-5H3. The maximum absolute atomic E-state index is 2.45. The monoisotopic (exact) mass is 256 g/mol. The summed E-state index contributed by atoms with van der Waals surface area (Å²) in [5.74, 6) is 4.49. The van der Waals surface area contributed by atoms with Crippen LogP contribution in [0.15, 0.2) is 12.1 Å². The largest absolute Gasteiger partial charge is 0.0622 e. The van der Waals surface area contributed by atoms with Crippen LogP contribution in [0.4, 0.5) is 0 Å². The Kier molecular flexibility index (Phi) is 3.23. The van der Waals surface area contributed by atoms with Crippen molar-refractivity contribution in [3.05, 3.63) is 34.4 Å². The summed E-state index contributed by atoms with van der Waals surface area (Å²) in [6, 6.07) is 4.90. The molecule has 19 heavy (non-hydrogen) atoms. The van der Waals surface area contributed by atoms with Crippen LogP contribution in [0.2, 0.25) is 0 Å². The molecule has 0 radical (unpaired) electrons. The second kappa shape index (κ2) is 4.65. The molecule has 0 bridgehead atoms. The molecule has 104 valence electrons. The second-order valence-electron chi connectivity index (χ2n) is 7.40. The first-order valence-corrected chi connectivity index (χ1v) is 8.09. The van der Waals surface area contributed by atoms with Crippen LogP contribution in [0, 0.1) is 37.5 Å². The molecule has 4 atom stereocenters. The Morgan fingerprint density at radius 3 is 2.16 bits per heavy atom. The van der Waals surface area contributed by atoms with Gasteiger partial charge in [-0.3, -0.25) is 0 Å². The SMILES string of the molecule is Cc1cc(CC2CCC2C)c(C)c(C2C(C)C2C)c1. The lowest BCUT2D eigenvalue weighted by Crippen LogP contribution is -2.25. The van der Waals surface area contributed by atoms with Crippen molar-refractivity contribution in [2.45, 2.75) is 59.8 Å². The van der Waals surface area contributed by atoms with E-state index >= 15 is 0 Å². The average molecular weight is 256 g/mol. The van der Waals surface area contributed by atoms with Crippen LogP contribution < -0.4 is 0 Å². The first-order valence-electron chi connectivity index (χ1n) is 8.09. The summed E-state index contributed by atoms with van der Waals surface area (Å²) in [4.78, 5) is 0. The van der Waals surface area contributed by atoms with E-state index in [1.807, 2.05) is 0 Å². The first-order chi connectivity index (χ1) is 8.99. The van der Waals surface area contributed by atoms with Crippen LogP contribution >= 0.6 is 0 Å². The first kappa shape index (κ1) is 13.2. The van der Waals surface area contributed by atoms with Crippen LogP contribution in [0.1, 0.15) is 61.8 Å². The predicted molar refractivity (Wildman–Crippen MR) is 82.6 cm³/mol. The molecule has 2 aliphatic carbocycles. The van der Waals surface area contributed by atoms with Crippen LogP contribution in [-0.2, 0) is 6.42 Å². The molecular formula is C19H28. The van der Waals surface area contributed by atoms with Gasteiger partial charge in [-0.15, -0.1) is 0 Å². The van der Waals surface area contributed by atoms with E-state index in [9.17, 15) is 0 Å². The molecule has 2 saturated carbocycles. The molecule has 4 unspecified atom stereocenters.